The molecule has 0 saturated carbocycles. The van der Waals surface area contributed by atoms with Crippen LogP contribution in [0.25, 0.3) is 33.0 Å². The lowest BCUT2D eigenvalue weighted by atomic mass is 9.92. The van der Waals surface area contributed by atoms with Gasteiger partial charge in [-0.2, -0.15) is 0 Å². The van der Waals surface area contributed by atoms with Crippen LogP contribution in [0.15, 0.2) is 188 Å². The summed E-state index contributed by atoms with van der Waals surface area (Å²) < 4.78 is 0. The Morgan fingerprint density at radius 3 is 1.98 bits per heavy atom. The van der Waals surface area contributed by atoms with Crippen molar-refractivity contribution in [3.8, 4) is 11.1 Å². The van der Waals surface area contributed by atoms with Crippen LogP contribution >= 0.6 is 0 Å². The zero-order valence-electron chi connectivity index (χ0n) is 30.0. The predicted molar refractivity (Wildman–Crippen MR) is 223 cm³/mol. The van der Waals surface area contributed by atoms with Gasteiger partial charge < -0.3 is 4.90 Å². The zero-order valence-corrected chi connectivity index (χ0v) is 30.0. The fourth-order valence-electron chi connectivity index (χ4n) is 7.66. The van der Waals surface area contributed by atoms with Crippen LogP contribution in [0.4, 0.5) is 17.1 Å². The van der Waals surface area contributed by atoms with E-state index in [1.807, 2.05) is 0 Å². The molecule has 0 saturated heterocycles. The normalized spacial score (nSPS) is 14.0. The Morgan fingerprint density at radius 1 is 0.577 bits per heavy atom. The maximum absolute atomic E-state index is 2.38. The lowest BCUT2D eigenvalue weighted by Gasteiger charge is -2.26. The summed E-state index contributed by atoms with van der Waals surface area (Å²) in [6.45, 7) is 4.46. The molecule has 52 heavy (non-hydrogen) atoms. The van der Waals surface area contributed by atoms with Crippen molar-refractivity contribution in [3.05, 3.63) is 221 Å². The van der Waals surface area contributed by atoms with Gasteiger partial charge in [-0.25, -0.2) is 0 Å². The molecule has 1 aliphatic rings. The van der Waals surface area contributed by atoms with Crippen molar-refractivity contribution in [2.45, 2.75) is 33.1 Å². The molecule has 7 aromatic carbocycles. The van der Waals surface area contributed by atoms with Gasteiger partial charge in [-0.3, -0.25) is 0 Å². The predicted octanol–water partition coefficient (Wildman–Crippen LogP) is 12.2. The number of nitrogens with zero attached hydrogens (tertiary/aromatic N) is 1. The Hall–Kier alpha value is -6.18. The Balaban J connectivity index is 1.18. The van der Waals surface area contributed by atoms with Crippen LogP contribution in [0.2, 0.25) is 0 Å². The zero-order chi connectivity index (χ0) is 35.3. The number of fused-ring (bicyclic) bond motifs is 1. The highest BCUT2D eigenvalue weighted by atomic mass is 15.1. The summed E-state index contributed by atoms with van der Waals surface area (Å²) in [6, 6.07) is 60.0. The van der Waals surface area contributed by atoms with Gasteiger partial charge >= 0.3 is 0 Å². The topological polar surface area (TPSA) is 3.24 Å². The first-order valence-electron chi connectivity index (χ1n) is 18.4. The lowest BCUT2D eigenvalue weighted by Crippen LogP contribution is -2.29. The summed E-state index contributed by atoms with van der Waals surface area (Å²) in [7, 11) is 0. The Labute approximate surface area is 307 Å². The number of rotatable bonds is 8. The third-order valence-electron chi connectivity index (χ3n) is 10.3. The van der Waals surface area contributed by atoms with Crippen LogP contribution in [0.1, 0.15) is 42.0 Å². The monoisotopic (exact) mass is 669 g/mol. The molecular weight excluding hydrogens is 627 g/mol. The maximum Gasteiger partial charge on any atom is 0.0468 e. The Bertz CT molecular complexity index is 2550. The molecule has 0 unspecified atom stereocenters. The third-order valence-corrected chi connectivity index (χ3v) is 10.3. The average molecular weight is 670 g/mol. The second kappa shape index (κ2) is 15.0. The summed E-state index contributed by atoms with van der Waals surface area (Å²) in [4.78, 5) is 2.38. The SMILES string of the molecule is CC/C(c1ccc(N(c2ccc(Cc3ccccc3-c3ccccc3C)cc2)c2ccc3ccccc3c2)cc1)=c1/cccc/c1=C1\C=CC=CC1. The molecule has 0 bridgehead atoms. The highest BCUT2D eigenvalue weighted by Crippen LogP contribution is 2.37. The van der Waals surface area contributed by atoms with Crippen molar-refractivity contribution < 1.29 is 0 Å². The van der Waals surface area contributed by atoms with Crippen molar-refractivity contribution in [1.29, 1.82) is 0 Å². The molecule has 0 radical (unpaired) electrons. The molecule has 7 aromatic rings. The van der Waals surface area contributed by atoms with Crippen molar-refractivity contribution in [1.82, 2.24) is 0 Å². The molecule has 0 atom stereocenters. The van der Waals surface area contributed by atoms with E-state index in [1.54, 1.807) is 0 Å². The minimum atomic E-state index is 0.873. The van der Waals surface area contributed by atoms with Gasteiger partial charge in [0.25, 0.3) is 0 Å². The van der Waals surface area contributed by atoms with Crippen LogP contribution in [0.3, 0.4) is 0 Å². The van der Waals surface area contributed by atoms with Crippen LogP contribution in [0, 0.1) is 6.92 Å². The first-order valence-corrected chi connectivity index (χ1v) is 18.4. The van der Waals surface area contributed by atoms with E-state index in [4.69, 9.17) is 0 Å². The number of aryl methyl sites for hydroxylation is 1. The summed E-state index contributed by atoms with van der Waals surface area (Å²) in [5.74, 6) is 0. The first kappa shape index (κ1) is 33.0. The van der Waals surface area contributed by atoms with Gasteiger partial charge in [0.1, 0.15) is 0 Å². The molecule has 1 nitrogen and oxygen atoms in total. The van der Waals surface area contributed by atoms with E-state index in [1.165, 1.54) is 65.7 Å². The van der Waals surface area contributed by atoms with E-state index in [0.29, 0.717) is 0 Å². The number of benzene rings is 7. The number of hydrogen-bond donors (Lipinski definition) is 0. The van der Waals surface area contributed by atoms with Gasteiger partial charge in [0, 0.05) is 17.1 Å². The molecule has 0 spiro atoms. The van der Waals surface area contributed by atoms with E-state index < -0.39 is 0 Å². The molecule has 0 fully saturated rings. The maximum atomic E-state index is 2.38. The Kier molecular flexibility index (Phi) is 9.50. The molecule has 8 rings (SSSR count). The van der Waals surface area contributed by atoms with Gasteiger partial charge in [-0.05, 0) is 128 Å². The molecule has 0 heterocycles. The highest BCUT2D eigenvalue weighted by molar-refractivity contribution is 5.89. The van der Waals surface area contributed by atoms with E-state index in [-0.39, 0.29) is 0 Å². The quantitative estimate of drug-likeness (QED) is 0.156. The average Bonchev–Trinajstić information content (AvgIpc) is 3.20. The minimum Gasteiger partial charge on any atom is -0.310 e. The fourth-order valence-corrected chi connectivity index (χ4v) is 7.66. The lowest BCUT2D eigenvalue weighted by molar-refractivity contribution is 1.18. The molecule has 1 heteroatoms. The number of allylic oxidation sites excluding steroid dienone is 4. The van der Waals surface area contributed by atoms with Crippen molar-refractivity contribution in [3.63, 3.8) is 0 Å². The second-order valence-electron chi connectivity index (χ2n) is 13.6. The number of anilines is 3. The van der Waals surface area contributed by atoms with Gasteiger partial charge in [-0.1, -0.05) is 159 Å². The standard InChI is InChI=1S/C51H43N/c1-3-47(51-24-14-13-22-49(51)40-17-5-4-6-18-40)41-28-32-45(33-29-41)52(46-34-27-39-16-8-9-19-42(39)36-46)44-30-25-38(26-31-44)35-43-20-10-12-23-50(43)48-21-11-7-15-37(48)2/h4-17,19-34,36H,3,18,35H2,1-2H3/b49-40-,51-47+. The summed E-state index contributed by atoms with van der Waals surface area (Å²) >= 11 is 0. The van der Waals surface area contributed by atoms with Crippen molar-refractivity contribution in [2.75, 3.05) is 4.90 Å². The van der Waals surface area contributed by atoms with Crippen LogP contribution in [0.5, 0.6) is 0 Å². The fraction of sp³-hybridized carbons (Fsp3) is 0.0980. The third kappa shape index (κ3) is 6.78. The summed E-state index contributed by atoms with van der Waals surface area (Å²) in [5, 5.41) is 5.11. The molecule has 0 amide bonds. The van der Waals surface area contributed by atoms with Crippen molar-refractivity contribution in [2.24, 2.45) is 0 Å². The molecule has 0 aromatic heterocycles. The second-order valence-corrected chi connectivity index (χ2v) is 13.6. The smallest absolute Gasteiger partial charge is 0.0468 e. The van der Waals surface area contributed by atoms with E-state index in [9.17, 15) is 0 Å². The van der Waals surface area contributed by atoms with E-state index in [2.05, 4.69) is 207 Å². The van der Waals surface area contributed by atoms with Gasteiger partial charge in [0.15, 0.2) is 0 Å². The first-order chi connectivity index (χ1) is 25.7. The molecule has 252 valence electrons. The van der Waals surface area contributed by atoms with Crippen molar-refractivity contribution >= 4 is 39.0 Å². The Morgan fingerprint density at radius 2 is 1.23 bits per heavy atom. The van der Waals surface area contributed by atoms with E-state index in [0.717, 1.165) is 36.3 Å². The molecule has 1 aliphatic carbocycles. The molecule has 0 N–H and O–H groups in total. The van der Waals surface area contributed by atoms with Crippen LogP contribution in [-0.4, -0.2) is 0 Å². The molecule has 0 aliphatic heterocycles. The summed E-state index contributed by atoms with van der Waals surface area (Å²) in [6.07, 6.45) is 11.6. The minimum absolute atomic E-state index is 0.873. The van der Waals surface area contributed by atoms with Gasteiger partial charge in [0.2, 0.25) is 0 Å². The van der Waals surface area contributed by atoms with Crippen LogP contribution < -0.4 is 15.3 Å². The largest absolute Gasteiger partial charge is 0.310 e. The van der Waals surface area contributed by atoms with E-state index >= 15 is 0 Å². The van der Waals surface area contributed by atoms with Gasteiger partial charge in [0.05, 0.1) is 0 Å². The number of hydrogen-bond acceptors (Lipinski definition) is 1. The van der Waals surface area contributed by atoms with Crippen LogP contribution in [-0.2, 0) is 6.42 Å². The highest BCUT2D eigenvalue weighted by Gasteiger charge is 2.15. The molecular formula is C51H43N. The van der Waals surface area contributed by atoms with Gasteiger partial charge in [-0.15, -0.1) is 0 Å². The summed E-state index contributed by atoms with van der Waals surface area (Å²) in [5.41, 5.74) is 13.9.